The van der Waals surface area contributed by atoms with Gasteiger partial charge < -0.3 is 15.1 Å². The molecule has 1 fully saturated rings. The smallest absolute Gasteiger partial charge is 0.303 e. The lowest BCUT2D eigenvalue weighted by molar-refractivity contribution is -0.138. The highest BCUT2D eigenvalue weighted by Crippen LogP contribution is 2.26. The summed E-state index contributed by atoms with van der Waals surface area (Å²) in [5.41, 5.74) is 0. The van der Waals surface area contributed by atoms with Crippen LogP contribution in [0.15, 0.2) is 0 Å². The van der Waals surface area contributed by atoms with Gasteiger partial charge in [0.2, 0.25) is 0 Å². The number of hydrogen-bond acceptors (Lipinski definition) is 3. The maximum absolute atomic E-state index is 10.7. The number of nitrogens with zero attached hydrogens (tertiary/aromatic N) is 1. The van der Waals surface area contributed by atoms with Gasteiger partial charge in [-0.05, 0) is 50.6 Å². The lowest BCUT2D eigenvalue weighted by Gasteiger charge is -2.35. The molecule has 1 heterocycles. The van der Waals surface area contributed by atoms with Gasteiger partial charge in [-0.3, -0.25) is 4.79 Å². The number of unbranched alkanes of at least 4 members (excludes halogenated alkanes) is 1. The summed E-state index contributed by atoms with van der Waals surface area (Å²) in [6.45, 7) is 5.52. The topological polar surface area (TPSA) is 60.8 Å². The van der Waals surface area contributed by atoms with Gasteiger partial charge in [0.25, 0.3) is 0 Å². The van der Waals surface area contributed by atoms with Crippen LogP contribution >= 0.6 is 0 Å². The molecule has 17 heavy (non-hydrogen) atoms. The SMILES string of the molecule is CC(CC(=O)O)C1CCCN(CCCCO)C1. The summed E-state index contributed by atoms with van der Waals surface area (Å²) in [6, 6.07) is 0. The third kappa shape index (κ3) is 5.50. The molecule has 1 aliphatic heterocycles. The van der Waals surface area contributed by atoms with E-state index in [0.717, 1.165) is 38.9 Å². The number of carboxylic acid groups (broad SMARTS) is 1. The molecule has 0 aromatic carbocycles. The van der Waals surface area contributed by atoms with Crippen molar-refractivity contribution < 1.29 is 15.0 Å². The fraction of sp³-hybridized carbons (Fsp3) is 0.923. The van der Waals surface area contributed by atoms with Gasteiger partial charge in [-0.1, -0.05) is 6.92 Å². The molecule has 0 aliphatic carbocycles. The molecule has 0 bridgehead atoms. The van der Waals surface area contributed by atoms with Gasteiger partial charge in [0.15, 0.2) is 0 Å². The first-order chi connectivity index (χ1) is 8.13. The number of carbonyl (C=O) groups is 1. The molecule has 0 aromatic heterocycles. The summed E-state index contributed by atoms with van der Waals surface area (Å²) >= 11 is 0. The van der Waals surface area contributed by atoms with Crippen molar-refractivity contribution in [3.63, 3.8) is 0 Å². The summed E-state index contributed by atoms with van der Waals surface area (Å²) in [6.07, 6.45) is 4.52. The van der Waals surface area contributed by atoms with Crippen molar-refractivity contribution in [2.24, 2.45) is 11.8 Å². The molecular formula is C13H25NO3. The average molecular weight is 243 g/mol. The minimum Gasteiger partial charge on any atom is -0.481 e. The zero-order valence-electron chi connectivity index (χ0n) is 10.8. The van der Waals surface area contributed by atoms with Crippen LogP contribution in [-0.4, -0.2) is 47.3 Å². The van der Waals surface area contributed by atoms with Crippen LogP contribution in [0.2, 0.25) is 0 Å². The fourth-order valence-electron chi connectivity index (χ4n) is 2.65. The Bertz CT molecular complexity index is 233. The van der Waals surface area contributed by atoms with Crippen LogP contribution in [0.5, 0.6) is 0 Å². The van der Waals surface area contributed by atoms with E-state index >= 15 is 0 Å². The van der Waals surface area contributed by atoms with E-state index in [9.17, 15) is 4.79 Å². The Balaban J connectivity index is 2.29. The molecule has 2 N–H and O–H groups in total. The normalized spacial score (nSPS) is 23.5. The van der Waals surface area contributed by atoms with E-state index in [0.29, 0.717) is 5.92 Å². The summed E-state index contributed by atoms with van der Waals surface area (Å²) < 4.78 is 0. The Morgan fingerprint density at radius 2 is 2.24 bits per heavy atom. The van der Waals surface area contributed by atoms with Gasteiger partial charge in [-0.15, -0.1) is 0 Å². The number of aliphatic hydroxyl groups excluding tert-OH is 1. The Morgan fingerprint density at radius 1 is 1.47 bits per heavy atom. The number of aliphatic hydroxyl groups is 1. The van der Waals surface area contributed by atoms with Crippen molar-refractivity contribution in [2.75, 3.05) is 26.2 Å². The second-order valence-electron chi connectivity index (χ2n) is 5.21. The Hall–Kier alpha value is -0.610. The summed E-state index contributed by atoms with van der Waals surface area (Å²) in [4.78, 5) is 13.1. The van der Waals surface area contributed by atoms with E-state index in [2.05, 4.69) is 11.8 Å². The highest BCUT2D eigenvalue weighted by molar-refractivity contribution is 5.66. The maximum atomic E-state index is 10.7. The molecule has 0 aromatic rings. The molecule has 1 saturated heterocycles. The minimum atomic E-state index is -0.685. The third-order valence-corrected chi connectivity index (χ3v) is 3.73. The molecule has 100 valence electrons. The lowest BCUT2D eigenvalue weighted by Crippen LogP contribution is -2.38. The maximum Gasteiger partial charge on any atom is 0.303 e. The minimum absolute atomic E-state index is 0.271. The summed E-state index contributed by atoms with van der Waals surface area (Å²) in [7, 11) is 0. The predicted molar refractivity (Wildman–Crippen MR) is 66.9 cm³/mol. The van der Waals surface area contributed by atoms with Crippen molar-refractivity contribution in [2.45, 2.75) is 39.0 Å². The van der Waals surface area contributed by atoms with Crippen LogP contribution in [0.1, 0.15) is 39.0 Å². The highest BCUT2D eigenvalue weighted by atomic mass is 16.4. The van der Waals surface area contributed by atoms with Crippen molar-refractivity contribution in [3.05, 3.63) is 0 Å². The van der Waals surface area contributed by atoms with E-state index in [1.165, 1.54) is 6.42 Å². The van der Waals surface area contributed by atoms with Gasteiger partial charge in [0.05, 0.1) is 0 Å². The molecule has 2 atom stereocenters. The first-order valence-electron chi connectivity index (χ1n) is 6.68. The van der Waals surface area contributed by atoms with E-state index in [-0.39, 0.29) is 18.9 Å². The molecule has 0 radical (unpaired) electrons. The van der Waals surface area contributed by atoms with Crippen LogP contribution in [0.3, 0.4) is 0 Å². The van der Waals surface area contributed by atoms with Crippen LogP contribution in [-0.2, 0) is 4.79 Å². The van der Waals surface area contributed by atoms with E-state index < -0.39 is 5.97 Å². The Labute approximate surface area is 104 Å². The van der Waals surface area contributed by atoms with E-state index in [1.54, 1.807) is 0 Å². The standard InChI is InChI=1S/C13H25NO3/c1-11(9-13(16)17)12-5-4-7-14(10-12)6-2-3-8-15/h11-12,15H,2-10H2,1H3,(H,16,17). The zero-order valence-corrected chi connectivity index (χ0v) is 10.8. The summed E-state index contributed by atoms with van der Waals surface area (Å²) in [5, 5.41) is 17.6. The van der Waals surface area contributed by atoms with E-state index in [1.807, 2.05) is 0 Å². The van der Waals surface area contributed by atoms with Crippen molar-refractivity contribution >= 4 is 5.97 Å². The third-order valence-electron chi connectivity index (χ3n) is 3.73. The van der Waals surface area contributed by atoms with Crippen LogP contribution in [0, 0.1) is 11.8 Å². The molecular weight excluding hydrogens is 218 g/mol. The molecule has 4 heteroatoms. The van der Waals surface area contributed by atoms with Crippen molar-refractivity contribution in [1.82, 2.24) is 4.90 Å². The Morgan fingerprint density at radius 3 is 2.88 bits per heavy atom. The average Bonchev–Trinajstić information content (AvgIpc) is 2.29. The van der Waals surface area contributed by atoms with Gasteiger partial charge in [-0.2, -0.15) is 0 Å². The molecule has 0 spiro atoms. The summed E-state index contributed by atoms with van der Waals surface area (Å²) in [5.74, 6) is 0.108. The van der Waals surface area contributed by atoms with Gasteiger partial charge in [0.1, 0.15) is 0 Å². The van der Waals surface area contributed by atoms with Crippen LogP contribution in [0.4, 0.5) is 0 Å². The van der Waals surface area contributed by atoms with Gasteiger partial charge in [0, 0.05) is 19.6 Å². The number of likely N-dealkylation sites (tertiary alicyclic amines) is 1. The number of rotatable bonds is 7. The molecule has 0 saturated carbocycles. The zero-order chi connectivity index (χ0) is 12.7. The number of piperidine rings is 1. The van der Waals surface area contributed by atoms with Crippen molar-refractivity contribution in [1.29, 1.82) is 0 Å². The number of hydrogen-bond donors (Lipinski definition) is 2. The second kappa shape index (κ2) is 7.67. The fourth-order valence-corrected chi connectivity index (χ4v) is 2.65. The second-order valence-corrected chi connectivity index (χ2v) is 5.21. The quantitative estimate of drug-likeness (QED) is 0.666. The van der Waals surface area contributed by atoms with Crippen molar-refractivity contribution in [3.8, 4) is 0 Å². The Kier molecular flexibility index (Phi) is 6.52. The number of aliphatic carboxylic acids is 1. The molecule has 2 unspecified atom stereocenters. The highest BCUT2D eigenvalue weighted by Gasteiger charge is 2.25. The van der Waals surface area contributed by atoms with Gasteiger partial charge >= 0.3 is 5.97 Å². The largest absolute Gasteiger partial charge is 0.481 e. The molecule has 4 nitrogen and oxygen atoms in total. The van der Waals surface area contributed by atoms with Crippen LogP contribution in [0.25, 0.3) is 0 Å². The monoisotopic (exact) mass is 243 g/mol. The molecule has 0 amide bonds. The first kappa shape index (κ1) is 14.5. The van der Waals surface area contributed by atoms with E-state index in [4.69, 9.17) is 10.2 Å². The number of carboxylic acids is 1. The molecule has 1 rings (SSSR count). The molecule has 1 aliphatic rings. The first-order valence-corrected chi connectivity index (χ1v) is 6.68. The van der Waals surface area contributed by atoms with Gasteiger partial charge in [-0.25, -0.2) is 0 Å². The lowest BCUT2D eigenvalue weighted by atomic mass is 9.84. The predicted octanol–water partition coefficient (Wildman–Crippen LogP) is 1.58. The van der Waals surface area contributed by atoms with Crippen LogP contribution < -0.4 is 0 Å².